The molecule has 0 bridgehead atoms. The first-order valence-electron chi connectivity index (χ1n) is 6.32. The average molecular weight is 276 g/mol. The molecule has 0 saturated carbocycles. The van der Waals surface area contributed by atoms with Gasteiger partial charge in [0, 0.05) is 12.1 Å². The molecule has 20 heavy (non-hydrogen) atoms. The molecule has 1 aromatic carbocycles. The summed E-state index contributed by atoms with van der Waals surface area (Å²) in [6, 6.07) is 5.44. The van der Waals surface area contributed by atoms with E-state index in [0.29, 0.717) is 23.7 Å². The van der Waals surface area contributed by atoms with Gasteiger partial charge in [-0.3, -0.25) is 0 Å². The molecule has 0 saturated heterocycles. The van der Waals surface area contributed by atoms with Crippen LogP contribution in [0.5, 0.6) is 0 Å². The highest BCUT2D eigenvalue weighted by atomic mass is 19.2. The van der Waals surface area contributed by atoms with E-state index in [1.165, 1.54) is 6.07 Å². The molecule has 0 amide bonds. The molecule has 0 unspecified atom stereocenters. The van der Waals surface area contributed by atoms with E-state index in [2.05, 4.69) is 24.2 Å². The van der Waals surface area contributed by atoms with Gasteiger partial charge in [-0.25, -0.2) is 13.5 Å². The second kappa shape index (κ2) is 5.78. The smallest absolute Gasteiger partial charge is 0.190 e. The van der Waals surface area contributed by atoms with Crippen molar-refractivity contribution in [3.8, 4) is 17.3 Å². The number of aryl methyl sites for hydroxylation is 1. The third-order valence-corrected chi connectivity index (χ3v) is 2.95. The fourth-order valence-electron chi connectivity index (χ4n) is 1.85. The van der Waals surface area contributed by atoms with Crippen LogP contribution < -0.4 is 0 Å². The molecule has 4 nitrogen and oxygen atoms in total. The van der Waals surface area contributed by atoms with Crippen LogP contribution >= 0.6 is 0 Å². The van der Waals surface area contributed by atoms with Crippen LogP contribution in [-0.4, -0.2) is 15.0 Å². The summed E-state index contributed by atoms with van der Waals surface area (Å²) in [6.07, 6.45) is 0.852. The molecule has 2 rings (SSSR count). The van der Waals surface area contributed by atoms with Crippen molar-refractivity contribution in [1.29, 1.82) is 5.26 Å². The van der Waals surface area contributed by atoms with E-state index >= 15 is 0 Å². The van der Waals surface area contributed by atoms with Crippen molar-refractivity contribution in [3.05, 3.63) is 35.5 Å². The predicted octanol–water partition coefficient (Wildman–Crippen LogP) is 3.14. The first kappa shape index (κ1) is 14.1. The Hall–Kier alpha value is -2.29. The Balaban J connectivity index is 2.45. The minimum atomic E-state index is -0.956. The summed E-state index contributed by atoms with van der Waals surface area (Å²) in [5.74, 6) is -1.42. The van der Waals surface area contributed by atoms with Gasteiger partial charge in [0.25, 0.3) is 0 Å². The Kier molecular flexibility index (Phi) is 4.08. The van der Waals surface area contributed by atoms with Crippen LogP contribution in [-0.2, 0) is 6.54 Å². The van der Waals surface area contributed by atoms with E-state index in [0.717, 1.165) is 18.6 Å². The van der Waals surface area contributed by atoms with Gasteiger partial charge in [-0.15, -0.1) is 5.10 Å². The molecule has 0 spiro atoms. The first-order valence-corrected chi connectivity index (χ1v) is 6.32. The van der Waals surface area contributed by atoms with Crippen molar-refractivity contribution in [2.75, 3.05) is 0 Å². The van der Waals surface area contributed by atoms with Gasteiger partial charge in [0.1, 0.15) is 11.8 Å². The van der Waals surface area contributed by atoms with Crippen molar-refractivity contribution in [1.82, 2.24) is 15.0 Å². The topological polar surface area (TPSA) is 54.5 Å². The predicted molar refractivity (Wildman–Crippen MR) is 69.5 cm³/mol. The normalized spacial score (nSPS) is 10.8. The molecule has 1 heterocycles. The molecular weight excluding hydrogens is 262 g/mol. The number of hydrogen-bond acceptors (Lipinski definition) is 3. The van der Waals surface area contributed by atoms with Gasteiger partial charge < -0.3 is 0 Å². The zero-order valence-corrected chi connectivity index (χ0v) is 11.3. The van der Waals surface area contributed by atoms with Gasteiger partial charge in [0.2, 0.25) is 0 Å². The largest absolute Gasteiger partial charge is 0.243 e. The van der Waals surface area contributed by atoms with Crippen molar-refractivity contribution >= 4 is 0 Å². The maximum atomic E-state index is 13.3. The number of rotatable bonds is 4. The number of hydrogen-bond donors (Lipinski definition) is 0. The van der Waals surface area contributed by atoms with Crippen LogP contribution in [0.1, 0.15) is 26.0 Å². The fourth-order valence-corrected chi connectivity index (χ4v) is 1.85. The zero-order valence-electron chi connectivity index (χ0n) is 11.3. The number of aromatic nitrogens is 3. The number of nitrogens with zero attached hydrogens (tertiary/aromatic N) is 4. The Morgan fingerprint density at radius 3 is 2.65 bits per heavy atom. The van der Waals surface area contributed by atoms with Crippen LogP contribution in [0.2, 0.25) is 0 Å². The quantitative estimate of drug-likeness (QED) is 0.862. The molecule has 104 valence electrons. The summed E-state index contributed by atoms with van der Waals surface area (Å²) < 4.78 is 27.9. The van der Waals surface area contributed by atoms with E-state index in [1.807, 2.05) is 6.07 Å². The van der Waals surface area contributed by atoms with Gasteiger partial charge in [0.15, 0.2) is 17.3 Å². The molecule has 0 aliphatic rings. The highest BCUT2D eigenvalue weighted by Crippen LogP contribution is 2.24. The third kappa shape index (κ3) is 2.82. The number of benzene rings is 1. The van der Waals surface area contributed by atoms with Gasteiger partial charge in [-0.1, -0.05) is 19.1 Å². The molecule has 0 N–H and O–H groups in total. The summed E-state index contributed by atoms with van der Waals surface area (Å²) in [5, 5.41) is 16.8. The van der Waals surface area contributed by atoms with Crippen LogP contribution in [0.25, 0.3) is 11.3 Å². The lowest BCUT2D eigenvalue weighted by atomic mass is 10.1. The second-order valence-corrected chi connectivity index (χ2v) is 4.93. The van der Waals surface area contributed by atoms with Crippen molar-refractivity contribution in [3.63, 3.8) is 0 Å². The molecule has 0 fully saturated rings. The standard InChI is InChI=1S/C14H14F2N4/c1-9(2)5-6-20-14(13(8-17)18-19-20)10-3-4-11(15)12(16)7-10/h3-4,7,9H,5-6H2,1-2H3. The highest BCUT2D eigenvalue weighted by molar-refractivity contribution is 5.64. The minimum absolute atomic E-state index is 0.111. The summed E-state index contributed by atoms with van der Waals surface area (Å²) in [6.45, 7) is 4.71. The minimum Gasteiger partial charge on any atom is -0.243 e. The van der Waals surface area contributed by atoms with Crippen LogP contribution in [0.4, 0.5) is 8.78 Å². The van der Waals surface area contributed by atoms with E-state index in [-0.39, 0.29) is 5.69 Å². The first-order chi connectivity index (χ1) is 9.52. The molecule has 1 aromatic heterocycles. The Morgan fingerprint density at radius 1 is 1.30 bits per heavy atom. The zero-order chi connectivity index (χ0) is 14.7. The summed E-state index contributed by atoms with van der Waals surface area (Å²) in [7, 11) is 0. The lowest BCUT2D eigenvalue weighted by Crippen LogP contribution is -2.06. The van der Waals surface area contributed by atoms with Gasteiger partial charge in [-0.2, -0.15) is 5.26 Å². The SMILES string of the molecule is CC(C)CCn1nnc(C#N)c1-c1ccc(F)c(F)c1. The van der Waals surface area contributed by atoms with Gasteiger partial charge in [0.05, 0.1) is 0 Å². The third-order valence-electron chi connectivity index (χ3n) is 2.95. The molecule has 0 aliphatic heterocycles. The summed E-state index contributed by atoms with van der Waals surface area (Å²) in [4.78, 5) is 0. The van der Waals surface area contributed by atoms with E-state index in [1.54, 1.807) is 4.68 Å². The highest BCUT2D eigenvalue weighted by Gasteiger charge is 2.16. The Labute approximate surface area is 115 Å². The van der Waals surface area contributed by atoms with Crippen LogP contribution in [0.15, 0.2) is 18.2 Å². The Morgan fingerprint density at radius 2 is 2.05 bits per heavy atom. The molecular formula is C14H14F2N4. The van der Waals surface area contributed by atoms with Crippen LogP contribution in [0, 0.1) is 28.9 Å². The molecule has 0 aliphatic carbocycles. The lowest BCUT2D eigenvalue weighted by Gasteiger charge is -2.08. The van der Waals surface area contributed by atoms with E-state index in [9.17, 15) is 8.78 Å². The molecule has 0 atom stereocenters. The average Bonchev–Trinajstić information content (AvgIpc) is 2.82. The molecule has 6 heteroatoms. The van der Waals surface area contributed by atoms with Gasteiger partial charge in [-0.05, 0) is 30.5 Å². The van der Waals surface area contributed by atoms with Crippen molar-refractivity contribution in [2.45, 2.75) is 26.8 Å². The van der Waals surface area contributed by atoms with Crippen LogP contribution in [0.3, 0.4) is 0 Å². The monoisotopic (exact) mass is 276 g/mol. The fraction of sp³-hybridized carbons (Fsp3) is 0.357. The van der Waals surface area contributed by atoms with Gasteiger partial charge >= 0.3 is 0 Å². The van der Waals surface area contributed by atoms with E-state index in [4.69, 9.17) is 5.26 Å². The van der Waals surface area contributed by atoms with Crippen molar-refractivity contribution < 1.29 is 8.78 Å². The number of halogens is 2. The number of nitriles is 1. The lowest BCUT2D eigenvalue weighted by molar-refractivity contribution is 0.480. The summed E-state index contributed by atoms with van der Waals surface area (Å²) >= 11 is 0. The molecule has 2 aromatic rings. The maximum absolute atomic E-state index is 13.3. The van der Waals surface area contributed by atoms with E-state index < -0.39 is 11.6 Å². The maximum Gasteiger partial charge on any atom is 0.190 e. The summed E-state index contributed by atoms with van der Waals surface area (Å²) in [5.41, 5.74) is 0.932. The van der Waals surface area contributed by atoms with Crippen molar-refractivity contribution in [2.24, 2.45) is 5.92 Å². The molecule has 0 radical (unpaired) electrons. The second-order valence-electron chi connectivity index (χ2n) is 4.93. The Bertz CT molecular complexity index is 656.